The van der Waals surface area contributed by atoms with Crippen molar-refractivity contribution in [1.82, 2.24) is 4.90 Å². The molecule has 0 radical (unpaired) electrons. The van der Waals surface area contributed by atoms with Crippen LogP contribution in [0.15, 0.2) is 0 Å². The molecule has 5 unspecified atom stereocenters. The highest BCUT2D eigenvalue weighted by atomic mass is 16.3. The van der Waals surface area contributed by atoms with Gasteiger partial charge in [-0.25, -0.2) is 0 Å². The molecule has 3 heteroatoms. The minimum atomic E-state index is -0.194. The Kier molecular flexibility index (Phi) is 4.49. The number of likely N-dealkylation sites (tertiary alicyclic amines) is 1. The third kappa shape index (κ3) is 2.38. The second-order valence-corrected chi connectivity index (χ2v) is 10.8. The fourth-order valence-corrected chi connectivity index (χ4v) is 8.65. The lowest BCUT2D eigenvalue weighted by atomic mass is 9.45. The van der Waals surface area contributed by atoms with Crippen LogP contribution in [-0.4, -0.2) is 34.6 Å². The number of carbonyl (C=O) groups is 1. The first kappa shape index (κ1) is 18.8. The van der Waals surface area contributed by atoms with Crippen molar-refractivity contribution in [3.05, 3.63) is 0 Å². The van der Waals surface area contributed by atoms with Crippen molar-refractivity contribution in [2.75, 3.05) is 6.54 Å². The molecule has 4 aliphatic rings. The molecule has 26 heavy (non-hydrogen) atoms. The van der Waals surface area contributed by atoms with E-state index in [1.165, 1.54) is 19.3 Å². The lowest BCUT2D eigenvalue weighted by molar-refractivity contribution is -0.186. The highest BCUT2D eigenvalue weighted by Crippen LogP contribution is 2.67. The molecule has 3 aliphatic carbocycles. The van der Waals surface area contributed by atoms with Crippen molar-refractivity contribution < 1.29 is 9.90 Å². The quantitative estimate of drug-likeness (QED) is 0.787. The van der Waals surface area contributed by atoms with E-state index in [0.29, 0.717) is 41.5 Å². The zero-order valence-corrected chi connectivity index (χ0v) is 17.5. The molecule has 0 aromatic heterocycles. The average Bonchev–Trinajstić information content (AvgIpc) is 2.91. The smallest absolute Gasteiger partial charge is 0.222 e. The monoisotopic (exact) mass is 361 g/mol. The van der Waals surface area contributed by atoms with Crippen LogP contribution in [-0.2, 0) is 4.79 Å². The predicted octanol–water partition coefficient (Wildman–Crippen LogP) is 4.48. The molecule has 1 aliphatic heterocycles. The lowest BCUT2D eigenvalue weighted by Gasteiger charge is -2.63. The third-order valence-electron chi connectivity index (χ3n) is 9.54. The van der Waals surface area contributed by atoms with Crippen molar-refractivity contribution >= 4 is 5.91 Å². The van der Waals surface area contributed by atoms with Crippen LogP contribution in [0.5, 0.6) is 0 Å². The van der Waals surface area contributed by atoms with Crippen LogP contribution in [0.3, 0.4) is 0 Å². The van der Waals surface area contributed by atoms with Gasteiger partial charge in [0.2, 0.25) is 5.91 Å². The molecule has 8 atom stereocenters. The van der Waals surface area contributed by atoms with E-state index in [1.807, 2.05) is 0 Å². The van der Waals surface area contributed by atoms with Gasteiger partial charge >= 0.3 is 0 Å². The molecule has 3 saturated carbocycles. The van der Waals surface area contributed by atoms with Gasteiger partial charge in [-0.3, -0.25) is 4.79 Å². The average molecular weight is 362 g/mol. The molecule has 0 aromatic rings. The molecule has 4 rings (SSSR count). The molecule has 4 fully saturated rings. The van der Waals surface area contributed by atoms with Crippen molar-refractivity contribution in [2.24, 2.45) is 40.4 Å². The van der Waals surface area contributed by atoms with E-state index in [0.717, 1.165) is 37.6 Å². The third-order valence-corrected chi connectivity index (χ3v) is 9.54. The van der Waals surface area contributed by atoms with Gasteiger partial charge in [0.25, 0.3) is 0 Å². The first-order chi connectivity index (χ1) is 12.2. The molecule has 148 valence electrons. The van der Waals surface area contributed by atoms with E-state index in [2.05, 4.69) is 39.5 Å². The summed E-state index contributed by atoms with van der Waals surface area (Å²) in [5, 5.41) is 11.4. The van der Waals surface area contributed by atoms with Gasteiger partial charge in [0, 0.05) is 19.0 Å². The van der Waals surface area contributed by atoms with E-state index in [-0.39, 0.29) is 11.5 Å². The maximum Gasteiger partial charge on any atom is 0.222 e. The van der Waals surface area contributed by atoms with Crippen LogP contribution >= 0.6 is 0 Å². The first-order valence-corrected chi connectivity index (χ1v) is 11.2. The molecule has 1 heterocycles. The highest BCUT2D eigenvalue weighted by Gasteiger charge is 2.64. The summed E-state index contributed by atoms with van der Waals surface area (Å²) in [7, 11) is 0. The van der Waals surface area contributed by atoms with Crippen molar-refractivity contribution in [1.29, 1.82) is 0 Å². The minimum Gasteiger partial charge on any atom is -0.393 e. The molecule has 0 bridgehead atoms. The Morgan fingerprint density at radius 3 is 2.54 bits per heavy atom. The lowest BCUT2D eigenvalue weighted by Crippen LogP contribution is -2.65. The topological polar surface area (TPSA) is 40.5 Å². The van der Waals surface area contributed by atoms with Crippen LogP contribution in [0.4, 0.5) is 0 Å². The van der Waals surface area contributed by atoms with E-state index in [9.17, 15) is 9.90 Å². The Bertz CT molecular complexity index is 575. The maximum absolute atomic E-state index is 12.5. The summed E-state index contributed by atoms with van der Waals surface area (Å²) < 4.78 is 0. The van der Waals surface area contributed by atoms with Gasteiger partial charge in [-0.15, -0.1) is 0 Å². The van der Waals surface area contributed by atoms with E-state index in [4.69, 9.17) is 0 Å². The van der Waals surface area contributed by atoms with Gasteiger partial charge in [0.1, 0.15) is 0 Å². The SMILES string of the molecule is CCN1C(=O)CC[C@]2(C)C3C(CCC12)C1CCC(C(C)C)[C@@]1(C)C[C@@H]3O. The summed E-state index contributed by atoms with van der Waals surface area (Å²) in [4.78, 5) is 14.6. The van der Waals surface area contributed by atoms with Crippen molar-refractivity contribution in [3.8, 4) is 0 Å². The van der Waals surface area contributed by atoms with Crippen molar-refractivity contribution in [3.63, 3.8) is 0 Å². The van der Waals surface area contributed by atoms with Crippen molar-refractivity contribution in [2.45, 2.75) is 91.7 Å². The van der Waals surface area contributed by atoms with Gasteiger partial charge < -0.3 is 10.0 Å². The summed E-state index contributed by atoms with van der Waals surface area (Å²) in [5.41, 5.74) is 0.413. The number of aliphatic hydroxyl groups excluding tert-OH is 1. The number of rotatable bonds is 2. The summed E-state index contributed by atoms with van der Waals surface area (Å²) in [6.07, 6.45) is 7.47. The highest BCUT2D eigenvalue weighted by molar-refractivity contribution is 5.77. The standard InChI is InChI=1S/C23H39NO2/c1-6-24-19-10-7-15-17-9-8-16(14(2)3)23(17,5)13-18(25)21(15)22(19,4)12-11-20(24)26/h14-19,21,25H,6-13H2,1-5H3/t15?,16?,17?,18-,19?,21?,22-,23+/m0/s1. The Morgan fingerprint density at radius 2 is 1.88 bits per heavy atom. The molecule has 1 N–H and O–H groups in total. The van der Waals surface area contributed by atoms with E-state index < -0.39 is 0 Å². The fraction of sp³-hybridized carbons (Fsp3) is 0.957. The summed E-state index contributed by atoms with van der Waals surface area (Å²) in [5.74, 6) is 3.61. The van der Waals surface area contributed by atoms with Gasteiger partial charge in [-0.05, 0) is 85.9 Å². The maximum atomic E-state index is 12.5. The molecular weight excluding hydrogens is 322 g/mol. The van der Waals surface area contributed by atoms with E-state index in [1.54, 1.807) is 0 Å². The largest absolute Gasteiger partial charge is 0.393 e. The van der Waals surface area contributed by atoms with Crippen LogP contribution in [0.2, 0.25) is 0 Å². The van der Waals surface area contributed by atoms with Gasteiger partial charge in [0.15, 0.2) is 0 Å². The normalized spacial score (nSPS) is 51.2. The Labute approximate surface area is 159 Å². The predicted molar refractivity (Wildman–Crippen MR) is 105 cm³/mol. The molecule has 0 aromatic carbocycles. The summed E-state index contributed by atoms with van der Waals surface area (Å²) >= 11 is 0. The van der Waals surface area contributed by atoms with Crippen LogP contribution < -0.4 is 0 Å². The molecule has 1 saturated heterocycles. The molecule has 1 amide bonds. The van der Waals surface area contributed by atoms with Gasteiger partial charge in [-0.2, -0.15) is 0 Å². The molecule has 3 nitrogen and oxygen atoms in total. The van der Waals surface area contributed by atoms with Gasteiger partial charge in [-0.1, -0.05) is 27.7 Å². The Hall–Kier alpha value is -0.570. The number of nitrogens with zero attached hydrogens (tertiary/aromatic N) is 1. The zero-order chi connectivity index (χ0) is 18.9. The number of amides is 1. The number of aliphatic hydroxyl groups is 1. The number of fused-ring (bicyclic) bond motifs is 5. The molecule has 0 spiro atoms. The summed E-state index contributed by atoms with van der Waals surface area (Å²) in [6, 6.07) is 0.344. The number of piperidine rings is 1. The number of hydrogen-bond donors (Lipinski definition) is 1. The number of hydrogen-bond acceptors (Lipinski definition) is 2. The first-order valence-electron chi connectivity index (χ1n) is 11.2. The second kappa shape index (κ2) is 6.22. The van der Waals surface area contributed by atoms with Crippen LogP contribution in [0.1, 0.15) is 79.6 Å². The fourth-order valence-electron chi connectivity index (χ4n) is 8.65. The Morgan fingerprint density at radius 1 is 1.15 bits per heavy atom. The van der Waals surface area contributed by atoms with Crippen LogP contribution in [0.25, 0.3) is 0 Å². The van der Waals surface area contributed by atoms with Gasteiger partial charge in [0.05, 0.1) is 6.10 Å². The zero-order valence-electron chi connectivity index (χ0n) is 17.5. The number of carbonyl (C=O) groups excluding carboxylic acids is 1. The van der Waals surface area contributed by atoms with Crippen LogP contribution in [0, 0.1) is 40.4 Å². The van der Waals surface area contributed by atoms with E-state index >= 15 is 0 Å². The second-order valence-electron chi connectivity index (χ2n) is 10.8. The Balaban J connectivity index is 1.68. The summed E-state index contributed by atoms with van der Waals surface area (Å²) in [6.45, 7) is 12.6. The minimum absolute atomic E-state index is 0.101. The molecular formula is C23H39NO2.